The van der Waals surface area contributed by atoms with Crippen molar-refractivity contribution in [1.29, 1.82) is 0 Å². The SMILES string of the molecule is CNC(CC(=O)O)C(=O)OC. The minimum Gasteiger partial charge on any atom is -0.481 e. The second kappa shape index (κ2) is 4.68. The van der Waals surface area contributed by atoms with Crippen molar-refractivity contribution in [3.8, 4) is 0 Å². The third kappa shape index (κ3) is 3.57. The van der Waals surface area contributed by atoms with Gasteiger partial charge in [-0.1, -0.05) is 0 Å². The number of carbonyl (C=O) groups is 2. The fourth-order valence-electron chi connectivity index (χ4n) is 0.620. The van der Waals surface area contributed by atoms with Gasteiger partial charge in [0.25, 0.3) is 0 Å². The lowest BCUT2D eigenvalue weighted by Crippen LogP contribution is -2.36. The molecule has 5 heteroatoms. The van der Waals surface area contributed by atoms with Crippen molar-refractivity contribution < 1.29 is 19.4 Å². The molecule has 0 spiro atoms. The molecule has 64 valence electrons. The summed E-state index contributed by atoms with van der Waals surface area (Å²) < 4.78 is 4.34. The fraction of sp³-hybridized carbons (Fsp3) is 0.667. The number of carboxylic acids is 1. The summed E-state index contributed by atoms with van der Waals surface area (Å²) in [6.07, 6.45) is -0.261. The lowest BCUT2D eigenvalue weighted by Gasteiger charge is -2.09. The molecule has 0 aromatic carbocycles. The summed E-state index contributed by atoms with van der Waals surface area (Å²) in [6, 6.07) is -0.752. The molecular formula is C6H11NO4. The van der Waals surface area contributed by atoms with Crippen molar-refractivity contribution in [2.75, 3.05) is 14.2 Å². The van der Waals surface area contributed by atoms with Gasteiger partial charge in [0.2, 0.25) is 0 Å². The zero-order valence-electron chi connectivity index (χ0n) is 6.46. The fourth-order valence-corrected chi connectivity index (χ4v) is 0.620. The van der Waals surface area contributed by atoms with E-state index in [0.717, 1.165) is 0 Å². The minimum atomic E-state index is -1.03. The number of methoxy groups -OCH3 is 1. The number of nitrogens with one attached hydrogen (secondary N) is 1. The number of carbonyl (C=O) groups excluding carboxylic acids is 1. The summed E-state index contributed by atoms with van der Waals surface area (Å²) in [5.41, 5.74) is 0. The van der Waals surface area contributed by atoms with E-state index >= 15 is 0 Å². The van der Waals surface area contributed by atoms with E-state index in [9.17, 15) is 9.59 Å². The first-order chi connectivity index (χ1) is 5.11. The molecule has 0 aliphatic heterocycles. The molecule has 0 aromatic rings. The van der Waals surface area contributed by atoms with Crippen molar-refractivity contribution >= 4 is 11.9 Å². The standard InChI is InChI=1S/C6H11NO4/c1-7-4(3-5(8)9)6(10)11-2/h4,7H,3H2,1-2H3,(H,8,9). The molecule has 0 radical (unpaired) electrons. The van der Waals surface area contributed by atoms with Gasteiger partial charge in [-0.05, 0) is 7.05 Å². The molecule has 2 N–H and O–H groups in total. The highest BCUT2D eigenvalue weighted by atomic mass is 16.5. The van der Waals surface area contributed by atoms with Gasteiger partial charge >= 0.3 is 11.9 Å². The van der Waals surface area contributed by atoms with E-state index in [1.165, 1.54) is 14.2 Å². The highest BCUT2D eigenvalue weighted by molar-refractivity contribution is 5.81. The lowest BCUT2D eigenvalue weighted by molar-refractivity contribution is -0.148. The first-order valence-corrected chi connectivity index (χ1v) is 3.08. The Bertz CT molecular complexity index is 157. The van der Waals surface area contributed by atoms with Crippen molar-refractivity contribution in [3.05, 3.63) is 0 Å². The zero-order chi connectivity index (χ0) is 8.85. The maximum absolute atomic E-state index is 10.7. The average molecular weight is 161 g/mol. The quantitative estimate of drug-likeness (QED) is 0.529. The van der Waals surface area contributed by atoms with Crippen LogP contribution in [0.4, 0.5) is 0 Å². The van der Waals surface area contributed by atoms with Crippen LogP contribution < -0.4 is 5.32 Å². The van der Waals surface area contributed by atoms with Gasteiger partial charge in [0.1, 0.15) is 6.04 Å². The van der Waals surface area contributed by atoms with Gasteiger partial charge in [0.05, 0.1) is 13.5 Å². The van der Waals surface area contributed by atoms with Crippen LogP contribution in [-0.4, -0.2) is 37.2 Å². The third-order valence-electron chi connectivity index (χ3n) is 1.21. The van der Waals surface area contributed by atoms with Gasteiger partial charge < -0.3 is 15.2 Å². The maximum Gasteiger partial charge on any atom is 0.323 e. The summed E-state index contributed by atoms with van der Waals surface area (Å²) >= 11 is 0. The normalized spacial score (nSPS) is 12.2. The van der Waals surface area contributed by atoms with E-state index in [1.54, 1.807) is 0 Å². The zero-order valence-corrected chi connectivity index (χ0v) is 6.46. The topological polar surface area (TPSA) is 75.6 Å². The summed E-state index contributed by atoms with van der Waals surface area (Å²) in [5, 5.41) is 10.8. The molecule has 0 rings (SSSR count). The highest BCUT2D eigenvalue weighted by Crippen LogP contribution is 1.93. The number of aliphatic carboxylic acids is 1. The molecule has 0 bridgehead atoms. The molecule has 0 amide bonds. The number of hydrogen-bond donors (Lipinski definition) is 2. The van der Waals surface area contributed by atoms with Crippen LogP contribution in [0, 0.1) is 0 Å². The Kier molecular flexibility index (Phi) is 4.21. The Hall–Kier alpha value is -1.10. The smallest absolute Gasteiger partial charge is 0.323 e. The van der Waals surface area contributed by atoms with Crippen LogP contribution in [-0.2, 0) is 14.3 Å². The number of likely N-dealkylation sites (N-methyl/N-ethyl adjacent to an activating group) is 1. The van der Waals surface area contributed by atoms with Crippen LogP contribution >= 0.6 is 0 Å². The second-order valence-corrected chi connectivity index (χ2v) is 1.96. The van der Waals surface area contributed by atoms with Gasteiger partial charge in [0, 0.05) is 0 Å². The molecule has 0 fully saturated rings. The molecule has 0 aliphatic carbocycles. The Morgan fingerprint density at radius 1 is 1.64 bits per heavy atom. The first-order valence-electron chi connectivity index (χ1n) is 3.08. The second-order valence-electron chi connectivity index (χ2n) is 1.96. The molecule has 0 aliphatic rings. The van der Waals surface area contributed by atoms with E-state index in [4.69, 9.17) is 5.11 Å². The summed E-state index contributed by atoms with van der Waals surface area (Å²) in [4.78, 5) is 20.9. The number of ether oxygens (including phenoxy) is 1. The van der Waals surface area contributed by atoms with Crippen molar-refractivity contribution in [3.63, 3.8) is 0 Å². The van der Waals surface area contributed by atoms with E-state index < -0.39 is 18.0 Å². The molecule has 1 unspecified atom stereocenters. The largest absolute Gasteiger partial charge is 0.481 e. The summed E-state index contributed by atoms with van der Waals surface area (Å²) in [5.74, 6) is -1.59. The van der Waals surface area contributed by atoms with E-state index in [2.05, 4.69) is 10.1 Å². The first kappa shape index (κ1) is 9.90. The maximum atomic E-state index is 10.7. The highest BCUT2D eigenvalue weighted by Gasteiger charge is 2.19. The molecule has 0 saturated heterocycles. The van der Waals surface area contributed by atoms with Crippen molar-refractivity contribution in [1.82, 2.24) is 5.32 Å². The minimum absolute atomic E-state index is 0.261. The Morgan fingerprint density at radius 3 is 2.45 bits per heavy atom. The number of hydrogen-bond acceptors (Lipinski definition) is 4. The molecule has 11 heavy (non-hydrogen) atoms. The molecular weight excluding hydrogens is 150 g/mol. The van der Waals surface area contributed by atoms with Crippen LogP contribution in [0.15, 0.2) is 0 Å². The Labute approximate surface area is 64.3 Å². The summed E-state index contributed by atoms with van der Waals surface area (Å²) in [6.45, 7) is 0. The predicted octanol–water partition coefficient (Wildman–Crippen LogP) is -0.778. The molecule has 5 nitrogen and oxygen atoms in total. The molecule has 1 atom stereocenters. The predicted molar refractivity (Wildman–Crippen MR) is 37.1 cm³/mol. The number of rotatable bonds is 4. The molecule has 0 aromatic heterocycles. The van der Waals surface area contributed by atoms with E-state index in [0.29, 0.717) is 0 Å². The Balaban J connectivity index is 3.94. The van der Waals surface area contributed by atoms with Gasteiger partial charge in [-0.15, -0.1) is 0 Å². The van der Waals surface area contributed by atoms with Crippen LogP contribution in [0.1, 0.15) is 6.42 Å². The number of esters is 1. The van der Waals surface area contributed by atoms with Gasteiger partial charge in [-0.2, -0.15) is 0 Å². The molecule has 0 heterocycles. The van der Waals surface area contributed by atoms with Crippen LogP contribution in [0.5, 0.6) is 0 Å². The van der Waals surface area contributed by atoms with Gasteiger partial charge in [0.15, 0.2) is 0 Å². The van der Waals surface area contributed by atoms with Crippen LogP contribution in [0.2, 0.25) is 0 Å². The third-order valence-corrected chi connectivity index (χ3v) is 1.21. The molecule has 0 saturated carbocycles. The lowest BCUT2D eigenvalue weighted by atomic mass is 10.2. The summed E-state index contributed by atoms with van der Waals surface area (Å²) in [7, 11) is 2.72. The van der Waals surface area contributed by atoms with Crippen LogP contribution in [0.3, 0.4) is 0 Å². The van der Waals surface area contributed by atoms with Crippen molar-refractivity contribution in [2.24, 2.45) is 0 Å². The van der Waals surface area contributed by atoms with Crippen molar-refractivity contribution in [2.45, 2.75) is 12.5 Å². The van der Waals surface area contributed by atoms with Gasteiger partial charge in [-0.3, -0.25) is 9.59 Å². The Morgan fingerprint density at radius 2 is 2.18 bits per heavy atom. The number of carboxylic acid groups (broad SMARTS) is 1. The van der Waals surface area contributed by atoms with Gasteiger partial charge in [-0.25, -0.2) is 0 Å². The van der Waals surface area contributed by atoms with Crippen LogP contribution in [0.25, 0.3) is 0 Å². The average Bonchev–Trinajstić information content (AvgIpc) is 1.98. The monoisotopic (exact) mass is 161 g/mol. The van der Waals surface area contributed by atoms with E-state index in [-0.39, 0.29) is 6.42 Å². The van der Waals surface area contributed by atoms with E-state index in [1.807, 2.05) is 0 Å².